The number of aryl methyl sites for hydroxylation is 1. The molecule has 30 heavy (non-hydrogen) atoms. The maximum atomic E-state index is 12.3. The lowest BCUT2D eigenvalue weighted by molar-refractivity contribution is 0.0940. The highest BCUT2D eigenvalue weighted by molar-refractivity contribution is 7.91. The number of hydrogen-bond donors (Lipinski definition) is 1. The molecule has 1 amide bonds. The minimum Gasteiger partial charge on any atom is -0.471 e. The molecule has 1 aliphatic rings. The number of aromatic nitrogens is 4. The van der Waals surface area contributed by atoms with E-state index in [1.807, 2.05) is 30.3 Å². The first-order valence-corrected chi connectivity index (χ1v) is 11.3. The van der Waals surface area contributed by atoms with E-state index < -0.39 is 9.84 Å². The van der Waals surface area contributed by atoms with Gasteiger partial charge >= 0.3 is 0 Å². The van der Waals surface area contributed by atoms with Gasteiger partial charge in [0.1, 0.15) is 18.0 Å². The maximum Gasteiger partial charge on any atom is 0.253 e. The topological polar surface area (TPSA) is 116 Å². The number of rotatable bonds is 6. The third-order valence-electron chi connectivity index (χ3n) is 4.91. The maximum absolute atomic E-state index is 12.3. The fourth-order valence-corrected chi connectivity index (χ4v) is 4.95. The number of benzene rings is 1. The molecule has 10 heteroatoms. The quantitative estimate of drug-likeness (QED) is 0.632. The van der Waals surface area contributed by atoms with Crippen molar-refractivity contribution in [2.24, 2.45) is 7.05 Å². The van der Waals surface area contributed by atoms with Crippen LogP contribution >= 0.6 is 0 Å². The number of nitrogens with zero attached hydrogens (tertiary/aromatic N) is 4. The zero-order valence-corrected chi connectivity index (χ0v) is 17.2. The second-order valence-corrected chi connectivity index (χ2v) is 9.35. The van der Waals surface area contributed by atoms with Crippen molar-refractivity contribution < 1.29 is 17.9 Å². The molecule has 0 aliphatic carbocycles. The summed E-state index contributed by atoms with van der Waals surface area (Å²) in [5, 5.41) is 11.0. The van der Waals surface area contributed by atoms with Crippen molar-refractivity contribution >= 4 is 15.7 Å². The van der Waals surface area contributed by atoms with Crippen LogP contribution < -0.4 is 10.1 Å². The van der Waals surface area contributed by atoms with Gasteiger partial charge < -0.3 is 10.1 Å². The Labute approximate surface area is 174 Å². The highest BCUT2D eigenvalue weighted by Crippen LogP contribution is 2.21. The van der Waals surface area contributed by atoms with Gasteiger partial charge in [-0.25, -0.2) is 18.1 Å². The van der Waals surface area contributed by atoms with Gasteiger partial charge in [-0.3, -0.25) is 4.79 Å². The number of pyridine rings is 1. The van der Waals surface area contributed by atoms with Crippen LogP contribution in [0.25, 0.3) is 11.3 Å². The summed E-state index contributed by atoms with van der Waals surface area (Å²) in [7, 11) is -1.25. The molecule has 1 aliphatic heterocycles. The molecule has 1 saturated heterocycles. The molecule has 1 N–H and O–H groups in total. The normalized spacial score (nSPS) is 17.6. The first-order valence-electron chi connectivity index (χ1n) is 9.45. The number of amides is 1. The van der Waals surface area contributed by atoms with Crippen LogP contribution in [0.3, 0.4) is 0 Å². The molecule has 1 atom stereocenters. The molecule has 3 heterocycles. The monoisotopic (exact) mass is 427 g/mol. The Kier molecular flexibility index (Phi) is 5.49. The summed E-state index contributed by atoms with van der Waals surface area (Å²) in [6, 6.07) is 12.6. The number of sulfone groups is 1. The molecular weight excluding hydrogens is 406 g/mol. The molecule has 0 saturated carbocycles. The average molecular weight is 427 g/mol. The summed E-state index contributed by atoms with van der Waals surface area (Å²) in [5.74, 6) is 0.0979. The predicted octanol–water partition coefficient (Wildman–Crippen LogP) is 1.37. The summed E-state index contributed by atoms with van der Waals surface area (Å²) in [4.78, 5) is 16.5. The number of nitrogens with one attached hydrogen (secondary N) is 1. The van der Waals surface area contributed by atoms with Crippen molar-refractivity contribution in [3.63, 3.8) is 0 Å². The molecular formula is C20H21N5O4S. The zero-order chi connectivity index (χ0) is 21.1. The van der Waals surface area contributed by atoms with Gasteiger partial charge in [-0.05, 0) is 12.5 Å². The Bertz CT molecular complexity index is 1140. The Hall–Kier alpha value is -3.27. The Morgan fingerprint density at radius 3 is 2.70 bits per heavy atom. The Balaban J connectivity index is 1.39. The van der Waals surface area contributed by atoms with Gasteiger partial charge in [-0.1, -0.05) is 35.5 Å². The third-order valence-corrected chi connectivity index (χ3v) is 6.68. The van der Waals surface area contributed by atoms with Crippen LogP contribution in [0.1, 0.15) is 22.5 Å². The third kappa shape index (κ3) is 4.48. The summed E-state index contributed by atoms with van der Waals surface area (Å²) >= 11 is 0. The minimum atomic E-state index is -3.05. The average Bonchev–Trinajstić information content (AvgIpc) is 3.28. The predicted molar refractivity (Wildman–Crippen MR) is 110 cm³/mol. The van der Waals surface area contributed by atoms with E-state index in [0.29, 0.717) is 17.9 Å². The van der Waals surface area contributed by atoms with Gasteiger partial charge in [-0.2, -0.15) is 0 Å². The van der Waals surface area contributed by atoms with E-state index in [1.54, 1.807) is 23.9 Å². The van der Waals surface area contributed by atoms with Crippen molar-refractivity contribution in [3.8, 4) is 17.1 Å². The SMILES string of the molecule is Cn1nnc(-c2ccccc2)c1COc1ccc(C(=O)NC2CCS(=O)(=O)C2)cn1. The van der Waals surface area contributed by atoms with Crippen LogP contribution in [-0.2, 0) is 23.5 Å². The lowest BCUT2D eigenvalue weighted by atomic mass is 10.1. The highest BCUT2D eigenvalue weighted by atomic mass is 32.2. The van der Waals surface area contributed by atoms with Crippen LogP contribution in [0, 0.1) is 0 Å². The minimum absolute atomic E-state index is 0.0180. The van der Waals surface area contributed by atoms with Crippen molar-refractivity contribution in [1.82, 2.24) is 25.3 Å². The van der Waals surface area contributed by atoms with Gasteiger partial charge in [0.2, 0.25) is 5.88 Å². The second kappa shape index (κ2) is 8.23. The van der Waals surface area contributed by atoms with Crippen molar-refractivity contribution in [2.75, 3.05) is 11.5 Å². The van der Waals surface area contributed by atoms with Crippen LogP contribution in [0.4, 0.5) is 0 Å². The molecule has 0 spiro atoms. The van der Waals surface area contributed by atoms with Gasteiger partial charge in [0.25, 0.3) is 5.91 Å². The van der Waals surface area contributed by atoms with Gasteiger partial charge in [0.05, 0.1) is 17.1 Å². The van der Waals surface area contributed by atoms with E-state index in [1.165, 1.54) is 6.20 Å². The molecule has 0 bridgehead atoms. The second-order valence-electron chi connectivity index (χ2n) is 7.12. The van der Waals surface area contributed by atoms with E-state index in [4.69, 9.17) is 4.74 Å². The van der Waals surface area contributed by atoms with E-state index in [2.05, 4.69) is 20.6 Å². The van der Waals surface area contributed by atoms with Crippen LogP contribution in [0.15, 0.2) is 48.7 Å². The van der Waals surface area contributed by atoms with Gasteiger partial charge in [0, 0.05) is 30.9 Å². The van der Waals surface area contributed by atoms with Crippen LogP contribution in [0.5, 0.6) is 5.88 Å². The number of ether oxygens (including phenoxy) is 1. The number of hydrogen-bond acceptors (Lipinski definition) is 7. The van der Waals surface area contributed by atoms with Crippen molar-refractivity contribution in [3.05, 3.63) is 59.9 Å². The van der Waals surface area contributed by atoms with Crippen molar-refractivity contribution in [2.45, 2.75) is 19.1 Å². The summed E-state index contributed by atoms with van der Waals surface area (Å²) in [6.45, 7) is 0.214. The lowest BCUT2D eigenvalue weighted by Crippen LogP contribution is -2.35. The lowest BCUT2D eigenvalue weighted by Gasteiger charge is -2.11. The van der Waals surface area contributed by atoms with Gasteiger partial charge in [0.15, 0.2) is 9.84 Å². The number of carbonyl (C=O) groups excluding carboxylic acids is 1. The highest BCUT2D eigenvalue weighted by Gasteiger charge is 2.29. The standard InChI is InChI=1S/C20H21N5O4S/c1-25-17(19(23-24-25)14-5-3-2-4-6-14)12-29-18-8-7-15(11-21-18)20(26)22-16-9-10-30(27,28)13-16/h2-8,11,16H,9-10,12-13H2,1H3,(H,22,26). The molecule has 1 unspecified atom stereocenters. The smallest absolute Gasteiger partial charge is 0.253 e. The largest absolute Gasteiger partial charge is 0.471 e. The molecule has 0 radical (unpaired) electrons. The molecule has 2 aromatic heterocycles. The van der Waals surface area contributed by atoms with Crippen LogP contribution in [0.2, 0.25) is 0 Å². The summed E-state index contributed by atoms with van der Waals surface area (Å²) in [6.07, 6.45) is 1.85. The first kappa shape index (κ1) is 20.0. The summed E-state index contributed by atoms with van der Waals surface area (Å²) < 4.78 is 30.5. The fraction of sp³-hybridized carbons (Fsp3) is 0.300. The Morgan fingerprint density at radius 1 is 1.23 bits per heavy atom. The Morgan fingerprint density at radius 2 is 2.03 bits per heavy atom. The van der Waals surface area contributed by atoms with Crippen molar-refractivity contribution in [1.29, 1.82) is 0 Å². The molecule has 9 nitrogen and oxygen atoms in total. The molecule has 4 rings (SSSR count). The van der Waals surface area contributed by atoms with E-state index in [0.717, 1.165) is 17.0 Å². The van der Waals surface area contributed by atoms with E-state index in [9.17, 15) is 13.2 Å². The van der Waals surface area contributed by atoms with Gasteiger partial charge in [-0.15, -0.1) is 5.10 Å². The first-order chi connectivity index (χ1) is 14.4. The zero-order valence-electron chi connectivity index (χ0n) is 16.4. The number of carbonyl (C=O) groups is 1. The fourth-order valence-electron chi connectivity index (χ4n) is 3.28. The van der Waals surface area contributed by atoms with E-state index >= 15 is 0 Å². The molecule has 156 valence electrons. The molecule has 1 fully saturated rings. The van der Waals surface area contributed by atoms with E-state index in [-0.39, 0.29) is 30.1 Å². The molecule has 1 aromatic carbocycles. The molecule has 3 aromatic rings. The summed E-state index contributed by atoms with van der Waals surface area (Å²) in [5.41, 5.74) is 2.82. The van der Waals surface area contributed by atoms with Crippen LogP contribution in [-0.4, -0.2) is 51.9 Å².